The van der Waals surface area contributed by atoms with Gasteiger partial charge in [0.05, 0.1) is 10.9 Å². The predicted octanol–water partition coefficient (Wildman–Crippen LogP) is 3.55. The van der Waals surface area contributed by atoms with Crippen molar-refractivity contribution in [3.05, 3.63) is 72.3 Å². The van der Waals surface area contributed by atoms with Gasteiger partial charge in [0.2, 0.25) is 5.91 Å². The molecular formula is C19H19FN4OS. The Bertz CT molecular complexity index is 884. The summed E-state index contributed by atoms with van der Waals surface area (Å²) in [7, 11) is 1.77. The van der Waals surface area contributed by atoms with Crippen LogP contribution in [0.2, 0.25) is 0 Å². The van der Waals surface area contributed by atoms with Gasteiger partial charge in [-0.2, -0.15) is 0 Å². The molecule has 2 aromatic carbocycles. The zero-order chi connectivity index (χ0) is 18.5. The molecule has 1 atom stereocenters. The van der Waals surface area contributed by atoms with Crippen molar-refractivity contribution in [2.75, 3.05) is 7.05 Å². The van der Waals surface area contributed by atoms with Crippen LogP contribution in [-0.2, 0) is 11.3 Å². The smallest absolute Gasteiger partial charge is 0.235 e. The maximum Gasteiger partial charge on any atom is 0.235 e. The normalized spacial score (nSPS) is 12.0. The number of carbonyl (C=O) groups is 1. The molecule has 0 fully saturated rings. The third kappa shape index (κ3) is 4.11. The van der Waals surface area contributed by atoms with Crippen molar-refractivity contribution in [2.24, 2.45) is 0 Å². The number of halogens is 1. The van der Waals surface area contributed by atoms with Crippen LogP contribution < -0.4 is 0 Å². The molecule has 0 aliphatic rings. The van der Waals surface area contributed by atoms with Crippen LogP contribution in [0.4, 0.5) is 4.39 Å². The number of carbonyl (C=O) groups excluding carboxylic acids is 1. The van der Waals surface area contributed by atoms with E-state index in [1.54, 1.807) is 34.7 Å². The van der Waals surface area contributed by atoms with Gasteiger partial charge in [0, 0.05) is 13.6 Å². The minimum Gasteiger partial charge on any atom is -0.340 e. The van der Waals surface area contributed by atoms with Crippen molar-refractivity contribution >= 4 is 17.7 Å². The monoisotopic (exact) mass is 370 g/mol. The average Bonchev–Trinajstić information content (AvgIpc) is 3.10. The fourth-order valence-electron chi connectivity index (χ4n) is 2.57. The minimum absolute atomic E-state index is 0.0260. The second-order valence-electron chi connectivity index (χ2n) is 5.87. The fraction of sp³-hybridized carbons (Fsp3) is 0.211. The SMILES string of the molecule is CC(Sc1nncn1-c1ccccc1F)C(=O)N(C)Cc1ccccc1. The molecule has 3 rings (SSSR count). The van der Waals surface area contributed by atoms with Gasteiger partial charge in [-0.1, -0.05) is 54.2 Å². The van der Waals surface area contributed by atoms with E-state index in [4.69, 9.17) is 0 Å². The van der Waals surface area contributed by atoms with Gasteiger partial charge in [-0.3, -0.25) is 9.36 Å². The average molecular weight is 370 g/mol. The molecule has 0 radical (unpaired) electrons. The standard InChI is InChI=1S/C19H19FN4OS/c1-14(18(25)23(2)12-15-8-4-3-5-9-15)26-19-22-21-13-24(19)17-11-7-6-10-16(17)20/h3-11,13-14H,12H2,1-2H3. The largest absolute Gasteiger partial charge is 0.340 e. The molecule has 5 nitrogen and oxygen atoms in total. The van der Waals surface area contributed by atoms with Crippen LogP contribution in [0.25, 0.3) is 5.69 Å². The van der Waals surface area contributed by atoms with E-state index >= 15 is 0 Å². The van der Waals surface area contributed by atoms with Crippen molar-refractivity contribution in [2.45, 2.75) is 23.9 Å². The summed E-state index contributed by atoms with van der Waals surface area (Å²) in [5, 5.41) is 8.00. The van der Waals surface area contributed by atoms with Crippen molar-refractivity contribution in [3.8, 4) is 5.69 Å². The number of benzene rings is 2. The lowest BCUT2D eigenvalue weighted by molar-refractivity contribution is -0.129. The Balaban J connectivity index is 1.70. The van der Waals surface area contributed by atoms with E-state index in [1.807, 2.05) is 37.3 Å². The zero-order valence-corrected chi connectivity index (χ0v) is 15.4. The van der Waals surface area contributed by atoms with Gasteiger partial charge in [-0.05, 0) is 24.6 Å². The number of rotatable bonds is 6. The van der Waals surface area contributed by atoms with E-state index in [1.165, 1.54) is 24.2 Å². The minimum atomic E-state index is -0.376. The van der Waals surface area contributed by atoms with E-state index in [0.717, 1.165) is 5.56 Å². The molecule has 0 saturated heterocycles. The third-order valence-electron chi connectivity index (χ3n) is 3.90. The molecule has 26 heavy (non-hydrogen) atoms. The molecule has 0 saturated carbocycles. The van der Waals surface area contributed by atoms with E-state index in [0.29, 0.717) is 17.4 Å². The molecule has 1 amide bonds. The maximum atomic E-state index is 14.0. The molecule has 0 N–H and O–H groups in total. The van der Waals surface area contributed by atoms with E-state index in [-0.39, 0.29) is 17.0 Å². The van der Waals surface area contributed by atoms with Gasteiger partial charge in [-0.15, -0.1) is 10.2 Å². The summed E-state index contributed by atoms with van der Waals surface area (Å²) in [6.07, 6.45) is 1.45. The first kappa shape index (κ1) is 18.1. The predicted molar refractivity (Wildman–Crippen MR) is 99.6 cm³/mol. The Morgan fingerprint density at radius 3 is 2.62 bits per heavy atom. The van der Waals surface area contributed by atoms with Gasteiger partial charge in [0.25, 0.3) is 0 Å². The molecule has 0 aliphatic heterocycles. The first-order valence-electron chi connectivity index (χ1n) is 8.16. The number of hydrogen-bond donors (Lipinski definition) is 0. The van der Waals surface area contributed by atoms with Gasteiger partial charge in [0.1, 0.15) is 12.1 Å². The Morgan fingerprint density at radius 1 is 1.19 bits per heavy atom. The molecule has 0 bridgehead atoms. The van der Waals surface area contributed by atoms with E-state index < -0.39 is 0 Å². The van der Waals surface area contributed by atoms with E-state index in [9.17, 15) is 9.18 Å². The second kappa shape index (κ2) is 8.14. The number of nitrogens with zero attached hydrogens (tertiary/aromatic N) is 4. The summed E-state index contributed by atoms with van der Waals surface area (Å²) >= 11 is 1.26. The van der Waals surface area contributed by atoms with Gasteiger partial charge >= 0.3 is 0 Å². The summed E-state index contributed by atoms with van der Waals surface area (Å²) in [5.41, 5.74) is 1.42. The Labute approximate surface area is 155 Å². The summed E-state index contributed by atoms with van der Waals surface area (Å²) in [4.78, 5) is 14.3. The molecule has 3 aromatic rings. The Morgan fingerprint density at radius 2 is 1.88 bits per heavy atom. The Hall–Kier alpha value is -2.67. The molecule has 134 valence electrons. The highest BCUT2D eigenvalue weighted by molar-refractivity contribution is 8.00. The van der Waals surface area contributed by atoms with Crippen LogP contribution in [0.3, 0.4) is 0 Å². The lowest BCUT2D eigenvalue weighted by atomic mass is 10.2. The van der Waals surface area contributed by atoms with Gasteiger partial charge in [-0.25, -0.2) is 4.39 Å². The molecular weight excluding hydrogens is 351 g/mol. The van der Waals surface area contributed by atoms with Crippen LogP contribution in [-0.4, -0.2) is 37.9 Å². The van der Waals surface area contributed by atoms with Gasteiger partial charge in [0.15, 0.2) is 5.16 Å². The summed E-state index contributed by atoms with van der Waals surface area (Å²) in [6.45, 7) is 2.35. The summed E-state index contributed by atoms with van der Waals surface area (Å²) < 4.78 is 15.6. The highest BCUT2D eigenvalue weighted by Crippen LogP contribution is 2.26. The molecule has 0 spiro atoms. The molecule has 0 aliphatic carbocycles. The van der Waals surface area contributed by atoms with Crippen LogP contribution in [0.5, 0.6) is 0 Å². The summed E-state index contributed by atoms with van der Waals surface area (Å²) in [6, 6.07) is 16.2. The molecule has 1 aromatic heterocycles. The molecule has 7 heteroatoms. The highest BCUT2D eigenvalue weighted by atomic mass is 32.2. The fourth-order valence-corrected chi connectivity index (χ4v) is 3.52. The number of aromatic nitrogens is 3. The number of amides is 1. The van der Waals surface area contributed by atoms with E-state index in [2.05, 4.69) is 10.2 Å². The second-order valence-corrected chi connectivity index (χ2v) is 7.18. The van der Waals surface area contributed by atoms with Crippen molar-refractivity contribution in [1.82, 2.24) is 19.7 Å². The third-order valence-corrected chi connectivity index (χ3v) is 4.94. The van der Waals surface area contributed by atoms with Crippen LogP contribution in [0.1, 0.15) is 12.5 Å². The van der Waals surface area contributed by atoms with Crippen molar-refractivity contribution in [1.29, 1.82) is 0 Å². The van der Waals surface area contributed by atoms with Crippen molar-refractivity contribution < 1.29 is 9.18 Å². The topological polar surface area (TPSA) is 51.0 Å². The quantitative estimate of drug-likeness (QED) is 0.623. The first-order valence-corrected chi connectivity index (χ1v) is 9.04. The maximum absolute atomic E-state index is 14.0. The van der Waals surface area contributed by atoms with Gasteiger partial charge < -0.3 is 4.90 Å². The lowest BCUT2D eigenvalue weighted by Crippen LogP contribution is -2.32. The lowest BCUT2D eigenvalue weighted by Gasteiger charge is -2.21. The number of thioether (sulfide) groups is 1. The van der Waals surface area contributed by atoms with Crippen LogP contribution >= 0.6 is 11.8 Å². The highest BCUT2D eigenvalue weighted by Gasteiger charge is 2.22. The number of para-hydroxylation sites is 1. The van der Waals surface area contributed by atoms with Crippen molar-refractivity contribution in [3.63, 3.8) is 0 Å². The zero-order valence-electron chi connectivity index (χ0n) is 14.5. The van der Waals surface area contributed by atoms with Crippen LogP contribution in [0, 0.1) is 5.82 Å². The summed E-state index contributed by atoms with van der Waals surface area (Å²) in [5.74, 6) is -0.392. The van der Waals surface area contributed by atoms with Crippen LogP contribution in [0.15, 0.2) is 66.1 Å². The first-order chi connectivity index (χ1) is 12.6. The molecule has 1 heterocycles. The molecule has 1 unspecified atom stereocenters. The Kier molecular flexibility index (Phi) is 5.68. The number of hydrogen-bond acceptors (Lipinski definition) is 4.